The number of hydrogen-bond donors (Lipinski definition) is 1. The molecule has 1 rings (SSSR count). The first-order valence-corrected chi connectivity index (χ1v) is 8.96. The van der Waals surface area contributed by atoms with Crippen LogP contribution in [0.3, 0.4) is 0 Å². The molecule has 0 unspecified atom stereocenters. The summed E-state index contributed by atoms with van der Waals surface area (Å²) in [5.74, 6) is 4.69. The highest BCUT2D eigenvalue weighted by atomic mass is 32.2. The Bertz CT molecular complexity index is 333. The van der Waals surface area contributed by atoms with Gasteiger partial charge in [-0.2, -0.15) is 23.5 Å². The Labute approximate surface area is 120 Å². The lowest BCUT2D eigenvalue weighted by Crippen LogP contribution is -1.92. The highest BCUT2D eigenvalue weighted by Gasteiger charge is 2.08. The van der Waals surface area contributed by atoms with Crippen molar-refractivity contribution in [2.24, 2.45) is 0 Å². The van der Waals surface area contributed by atoms with Crippen molar-refractivity contribution < 1.29 is 5.11 Å². The first-order valence-electron chi connectivity index (χ1n) is 6.65. The number of thioether (sulfide) groups is 2. The van der Waals surface area contributed by atoms with Gasteiger partial charge in [-0.05, 0) is 31.3 Å². The second kappa shape index (κ2) is 8.76. The Morgan fingerprint density at radius 2 is 1.39 bits per heavy atom. The predicted octanol–water partition coefficient (Wildman–Crippen LogP) is 4.99. The number of aromatic hydroxyl groups is 1. The molecular weight excluding hydrogens is 260 g/mol. The average molecular weight is 284 g/mol. The quantitative estimate of drug-likeness (QED) is 0.679. The number of phenolic OH excluding ortho intramolecular Hbond substituents is 1. The lowest BCUT2D eigenvalue weighted by molar-refractivity contribution is 0.465. The van der Waals surface area contributed by atoms with Crippen LogP contribution in [-0.4, -0.2) is 16.6 Å². The predicted molar refractivity (Wildman–Crippen MR) is 85.7 cm³/mol. The summed E-state index contributed by atoms with van der Waals surface area (Å²) in [5.41, 5.74) is 3.45. The van der Waals surface area contributed by atoms with Crippen LogP contribution in [0.2, 0.25) is 0 Å². The fourth-order valence-electron chi connectivity index (χ4n) is 1.81. The van der Waals surface area contributed by atoms with Crippen LogP contribution >= 0.6 is 23.5 Å². The summed E-state index contributed by atoms with van der Waals surface area (Å²) < 4.78 is 0. The molecule has 0 spiro atoms. The van der Waals surface area contributed by atoms with Crippen LogP contribution in [0.1, 0.15) is 43.4 Å². The summed E-state index contributed by atoms with van der Waals surface area (Å²) in [7, 11) is 0. The summed E-state index contributed by atoms with van der Waals surface area (Å²) in [6.07, 6.45) is 2.38. The topological polar surface area (TPSA) is 20.2 Å². The number of benzene rings is 1. The largest absolute Gasteiger partial charge is 0.507 e. The zero-order valence-corrected chi connectivity index (χ0v) is 13.3. The van der Waals surface area contributed by atoms with Gasteiger partial charge in [0.1, 0.15) is 5.75 Å². The number of phenols is 1. The first-order chi connectivity index (χ1) is 8.69. The van der Waals surface area contributed by atoms with Gasteiger partial charge in [0, 0.05) is 22.6 Å². The SMILES string of the molecule is CCCSCc1cc(C)cc(CSCCC)c1O. The van der Waals surface area contributed by atoms with E-state index in [9.17, 15) is 5.11 Å². The molecule has 0 saturated heterocycles. The molecule has 0 radical (unpaired) electrons. The maximum absolute atomic E-state index is 10.3. The van der Waals surface area contributed by atoms with Gasteiger partial charge < -0.3 is 5.11 Å². The van der Waals surface area contributed by atoms with Gasteiger partial charge in [0.2, 0.25) is 0 Å². The zero-order chi connectivity index (χ0) is 13.4. The minimum Gasteiger partial charge on any atom is -0.507 e. The third-order valence-electron chi connectivity index (χ3n) is 2.62. The Hall–Kier alpha value is -0.280. The summed E-state index contributed by atoms with van der Waals surface area (Å²) in [6.45, 7) is 6.49. The van der Waals surface area contributed by atoms with E-state index in [0.717, 1.165) is 34.1 Å². The second-order valence-corrected chi connectivity index (χ2v) is 6.75. The van der Waals surface area contributed by atoms with E-state index in [0.29, 0.717) is 5.75 Å². The highest BCUT2D eigenvalue weighted by Crippen LogP contribution is 2.30. The first kappa shape index (κ1) is 15.8. The molecule has 1 aromatic rings. The third-order valence-corrected chi connectivity index (χ3v) is 5.05. The molecule has 0 aliphatic heterocycles. The van der Waals surface area contributed by atoms with Crippen LogP contribution in [0.5, 0.6) is 5.75 Å². The van der Waals surface area contributed by atoms with Crippen LogP contribution < -0.4 is 0 Å². The molecule has 0 bridgehead atoms. The van der Waals surface area contributed by atoms with E-state index in [4.69, 9.17) is 0 Å². The molecule has 0 fully saturated rings. The number of hydrogen-bond acceptors (Lipinski definition) is 3. The fourth-order valence-corrected chi connectivity index (χ4v) is 3.55. The van der Waals surface area contributed by atoms with Crippen LogP contribution in [0.4, 0.5) is 0 Å². The molecule has 0 atom stereocenters. The van der Waals surface area contributed by atoms with Crippen molar-refractivity contribution in [3.05, 3.63) is 28.8 Å². The standard InChI is InChI=1S/C15H24OS2/c1-4-6-17-10-13-8-12(3)9-14(15(13)16)11-18-7-5-2/h8-9,16H,4-7,10-11H2,1-3H3. The molecule has 1 N–H and O–H groups in total. The van der Waals surface area contributed by atoms with E-state index in [-0.39, 0.29) is 0 Å². The summed E-state index contributed by atoms with van der Waals surface area (Å²) >= 11 is 3.80. The molecule has 0 saturated carbocycles. The summed E-state index contributed by atoms with van der Waals surface area (Å²) in [4.78, 5) is 0. The Kier molecular flexibility index (Phi) is 7.68. The maximum Gasteiger partial charge on any atom is 0.123 e. The van der Waals surface area contributed by atoms with Crippen molar-refractivity contribution in [2.75, 3.05) is 11.5 Å². The molecule has 18 heavy (non-hydrogen) atoms. The molecular formula is C15H24OS2. The van der Waals surface area contributed by atoms with E-state index in [1.165, 1.54) is 18.4 Å². The molecule has 1 aromatic carbocycles. The van der Waals surface area contributed by atoms with E-state index < -0.39 is 0 Å². The fraction of sp³-hybridized carbons (Fsp3) is 0.600. The Balaban J connectivity index is 2.71. The van der Waals surface area contributed by atoms with Crippen molar-refractivity contribution in [1.82, 2.24) is 0 Å². The Morgan fingerprint density at radius 1 is 0.944 bits per heavy atom. The number of rotatable bonds is 8. The molecule has 0 aliphatic rings. The molecule has 102 valence electrons. The third kappa shape index (κ3) is 5.15. The van der Waals surface area contributed by atoms with Gasteiger partial charge in [0.15, 0.2) is 0 Å². The molecule has 1 nitrogen and oxygen atoms in total. The zero-order valence-electron chi connectivity index (χ0n) is 11.7. The van der Waals surface area contributed by atoms with Crippen molar-refractivity contribution in [3.8, 4) is 5.75 Å². The van der Waals surface area contributed by atoms with E-state index in [2.05, 4.69) is 32.9 Å². The monoisotopic (exact) mass is 284 g/mol. The molecule has 0 aromatic heterocycles. The van der Waals surface area contributed by atoms with Gasteiger partial charge >= 0.3 is 0 Å². The van der Waals surface area contributed by atoms with Gasteiger partial charge in [-0.25, -0.2) is 0 Å². The molecule has 3 heteroatoms. The maximum atomic E-state index is 10.3. The van der Waals surface area contributed by atoms with Crippen LogP contribution in [0.25, 0.3) is 0 Å². The average Bonchev–Trinajstić information content (AvgIpc) is 2.35. The van der Waals surface area contributed by atoms with E-state index in [1.807, 2.05) is 23.5 Å². The minimum absolute atomic E-state index is 0.521. The van der Waals surface area contributed by atoms with Gasteiger partial charge in [-0.15, -0.1) is 0 Å². The van der Waals surface area contributed by atoms with Crippen molar-refractivity contribution in [3.63, 3.8) is 0 Å². The smallest absolute Gasteiger partial charge is 0.123 e. The van der Waals surface area contributed by atoms with Crippen molar-refractivity contribution >= 4 is 23.5 Å². The van der Waals surface area contributed by atoms with Gasteiger partial charge in [-0.3, -0.25) is 0 Å². The van der Waals surface area contributed by atoms with Crippen molar-refractivity contribution in [1.29, 1.82) is 0 Å². The van der Waals surface area contributed by atoms with E-state index in [1.54, 1.807) is 0 Å². The second-order valence-electron chi connectivity index (χ2n) is 4.54. The van der Waals surface area contributed by atoms with Gasteiger partial charge in [0.25, 0.3) is 0 Å². The highest BCUT2D eigenvalue weighted by molar-refractivity contribution is 7.98. The lowest BCUT2D eigenvalue weighted by Gasteiger charge is -2.11. The molecule has 0 aliphatic carbocycles. The normalized spacial score (nSPS) is 10.8. The molecule has 0 amide bonds. The van der Waals surface area contributed by atoms with Crippen LogP contribution in [0, 0.1) is 6.92 Å². The van der Waals surface area contributed by atoms with Gasteiger partial charge in [-0.1, -0.05) is 31.5 Å². The van der Waals surface area contributed by atoms with Crippen molar-refractivity contribution in [2.45, 2.75) is 45.1 Å². The molecule has 0 heterocycles. The van der Waals surface area contributed by atoms with E-state index >= 15 is 0 Å². The Morgan fingerprint density at radius 3 is 1.78 bits per heavy atom. The minimum atomic E-state index is 0.521. The summed E-state index contributed by atoms with van der Waals surface area (Å²) in [5, 5.41) is 10.3. The van der Waals surface area contributed by atoms with Crippen LogP contribution in [-0.2, 0) is 11.5 Å². The summed E-state index contributed by atoms with van der Waals surface area (Å²) in [6, 6.07) is 4.23. The lowest BCUT2D eigenvalue weighted by atomic mass is 10.1. The van der Waals surface area contributed by atoms with Gasteiger partial charge in [0.05, 0.1) is 0 Å². The van der Waals surface area contributed by atoms with Crippen LogP contribution in [0.15, 0.2) is 12.1 Å². The number of aryl methyl sites for hydroxylation is 1.